The standard InChI is InChI=1S/C24H18FIN2O4S/c1-31-20-11-15(10-19(26)22(20)32-14-17-7-4-5-9-27-17)12-21-23(29)28(24(30)33-21)13-16-6-2-3-8-18(16)25/h2-12H,13-14H2,1H3/b21-12-. The van der Waals surface area contributed by atoms with Crippen molar-refractivity contribution in [3.05, 3.63) is 91.9 Å². The number of halogens is 2. The lowest BCUT2D eigenvalue weighted by molar-refractivity contribution is -0.123. The Morgan fingerprint density at radius 1 is 1.15 bits per heavy atom. The largest absolute Gasteiger partial charge is 0.493 e. The number of methoxy groups -OCH3 is 1. The van der Waals surface area contributed by atoms with Crippen molar-refractivity contribution in [3.8, 4) is 11.5 Å². The molecule has 168 valence electrons. The van der Waals surface area contributed by atoms with E-state index in [-0.39, 0.29) is 23.6 Å². The van der Waals surface area contributed by atoms with Gasteiger partial charge in [0.1, 0.15) is 12.4 Å². The van der Waals surface area contributed by atoms with Gasteiger partial charge in [-0.05, 0) is 76.3 Å². The summed E-state index contributed by atoms with van der Waals surface area (Å²) in [6.07, 6.45) is 3.32. The van der Waals surface area contributed by atoms with E-state index in [0.717, 1.165) is 25.9 Å². The molecule has 0 atom stereocenters. The highest BCUT2D eigenvalue weighted by Crippen LogP contribution is 2.38. The molecule has 1 aliphatic heterocycles. The van der Waals surface area contributed by atoms with Gasteiger partial charge in [-0.15, -0.1) is 0 Å². The van der Waals surface area contributed by atoms with Gasteiger partial charge >= 0.3 is 0 Å². The zero-order chi connectivity index (χ0) is 23.4. The molecule has 1 aromatic heterocycles. The van der Waals surface area contributed by atoms with Crippen molar-refractivity contribution in [3.63, 3.8) is 0 Å². The smallest absolute Gasteiger partial charge is 0.293 e. The molecule has 0 N–H and O–H groups in total. The van der Waals surface area contributed by atoms with Gasteiger partial charge in [-0.3, -0.25) is 19.5 Å². The molecule has 2 heterocycles. The Kier molecular flexibility index (Phi) is 7.29. The summed E-state index contributed by atoms with van der Waals surface area (Å²) in [6.45, 7) is 0.164. The van der Waals surface area contributed by atoms with Gasteiger partial charge in [-0.1, -0.05) is 24.3 Å². The number of carbonyl (C=O) groups excluding carboxylic acids is 2. The van der Waals surface area contributed by atoms with Crippen LogP contribution in [0.4, 0.5) is 9.18 Å². The van der Waals surface area contributed by atoms with Gasteiger partial charge in [-0.2, -0.15) is 0 Å². The third-order valence-corrected chi connectivity index (χ3v) is 6.51. The number of nitrogens with zero attached hydrogens (tertiary/aromatic N) is 2. The van der Waals surface area contributed by atoms with Gasteiger partial charge in [0.15, 0.2) is 11.5 Å². The van der Waals surface area contributed by atoms with Crippen LogP contribution in [-0.2, 0) is 17.9 Å². The molecule has 0 bridgehead atoms. The van der Waals surface area contributed by atoms with Crippen LogP contribution in [0.25, 0.3) is 6.08 Å². The molecular formula is C24H18FIN2O4S. The van der Waals surface area contributed by atoms with Crippen LogP contribution in [0.1, 0.15) is 16.8 Å². The Labute approximate surface area is 207 Å². The second-order valence-electron chi connectivity index (χ2n) is 7.00. The third-order valence-electron chi connectivity index (χ3n) is 4.80. The summed E-state index contributed by atoms with van der Waals surface area (Å²) in [7, 11) is 1.53. The maximum Gasteiger partial charge on any atom is 0.293 e. The molecule has 6 nitrogen and oxygen atoms in total. The molecule has 1 saturated heterocycles. The molecule has 2 aromatic carbocycles. The van der Waals surface area contributed by atoms with Crippen molar-refractivity contribution in [1.29, 1.82) is 0 Å². The Hall–Kier alpha value is -2.92. The summed E-state index contributed by atoms with van der Waals surface area (Å²) in [5.41, 5.74) is 1.74. The first-order chi connectivity index (χ1) is 16.0. The van der Waals surface area contributed by atoms with E-state index in [1.54, 1.807) is 36.5 Å². The first kappa shape index (κ1) is 23.2. The molecule has 4 rings (SSSR count). The second kappa shape index (κ2) is 10.3. The van der Waals surface area contributed by atoms with Crippen LogP contribution in [0.3, 0.4) is 0 Å². The highest BCUT2D eigenvalue weighted by molar-refractivity contribution is 14.1. The van der Waals surface area contributed by atoms with E-state index in [9.17, 15) is 14.0 Å². The van der Waals surface area contributed by atoms with E-state index >= 15 is 0 Å². The Morgan fingerprint density at radius 2 is 1.94 bits per heavy atom. The first-order valence-electron chi connectivity index (χ1n) is 9.85. The number of carbonyl (C=O) groups is 2. The normalized spacial score (nSPS) is 14.8. The fourth-order valence-corrected chi connectivity index (χ4v) is 4.80. The Balaban J connectivity index is 1.54. The molecule has 0 saturated carbocycles. The summed E-state index contributed by atoms with van der Waals surface area (Å²) < 4.78 is 26.2. The minimum absolute atomic E-state index is 0.115. The fraction of sp³-hybridized carbons (Fsp3) is 0.125. The molecule has 33 heavy (non-hydrogen) atoms. The zero-order valence-corrected chi connectivity index (χ0v) is 20.4. The van der Waals surface area contributed by atoms with Crippen molar-refractivity contribution < 1.29 is 23.5 Å². The van der Waals surface area contributed by atoms with Crippen LogP contribution >= 0.6 is 34.4 Å². The topological polar surface area (TPSA) is 68.7 Å². The summed E-state index contributed by atoms with van der Waals surface area (Å²) in [5, 5.41) is -0.438. The number of amides is 2. The maximum atomic E-state index is 14.0. The van der Waals surface area contributed by atoms with Crippen molar-refractivity contribution in [2.75, 3.05) is 7.11 Å². The van der Waals surface area contributed by atoms with Crippen LogP contribution in [-0.4, -0.2) is 28.1 Å². The summed E-state index contributed by atoms with van der Waals surface area (Å²) in [6, 6.07) is 15.2. The Bertz CT molecular complexity index is 1240. The predicted octanol–water partition coefficient (Wildman–Crippen LogP) is 5.65. The molecule has 1 fully saturated rings. The fourth-order valence-electron chi connectivity index (χ4n) is 3.18. The van der Waals surface area contributed by atoms with Crippen LogP contribution in [0.15, 0.2) is 65.7 Å². The van der Waals surface area contributed by atoms with E-state index in [0.29, 0.717) is 17.1 Å². The summed E-state index contributed by atoms with van der Waals surface area (Å²) >= 11 is 2.96. The molecule has 0 unspecified atom stereocenters. The minimum Gasteiger partial charge on any atom is -0.493 e. The molecule has 1 aliphatic rings. The minimum atomic E-state index is -0.460. The van der Waals surface area contributed by atoms with Gasteiger partial charge in [0.25, 0.3) is 11.1 Å². The van der Waals surface area contributed by atoms with Crippen LogP contribution < -0.4 is 9.47 Å². The lowest BCUT2D eigenvalue weighted by atomic mass is 10.1. The monoisotopic (exact) mass is 576 g/mol. The average Bonchev–Trinajstić information content (AvgIpc) is 3.07. The zero-order valence-electron chi connectivity index (χ0n) is 17.5. The SMILES string of the molecule is COc1cc(/C=C2\SC(=O)N(Cc3ccccc3F)C2=O)cc(I)c1OCc1ccccn1. The molecule has 0 radical (unpaired) electrons. The second-order valence-corrected chi connectivity index (χ2v) is 9.16. The Morgan fingerprint density at radius 3 is 2.67 bits per heavy atom. The maximum absolute atomic E-state index is 14.0. The molecule has 2 amide bonds. The molecule has 9 heteroatoms. The molecule has 0 aliphatic carbocycles. The predicted molar refractivity (Wildman–Crippen MR) is 132 cm³/mol. The van der Waals surface area contributed by atoms with Gasteiger partial charge in [0.05, 0.1) is 27.8 Å². The lowest BCUT2D eigenvalue weighted by Crippen LogP contribution is -2.27. The van der Waals surface area contributed by atoms with Crippen LogP contribution in [0.2, 0.25) is 0 Å². The molecule has 0 spiro atoms. The first-order valence-corrected chi connectivity index (χ1v) is 11.7. The van der Waals surface area contributed by atoms with E-state index in [4.69, 9.17) is 9.47 Å². The number of benzene rings is 2. The number of hydrogen-bond acceptors (Lipinski definition) is 6. The quantitative estimate of drug-likeness (QED) is 0.268. The van der Waals surface area contributed by atoms with Crippen molar-refractivity contribution in [2.45, 2.75) is 13.2 Å². The van der Waals surface area contributed by atoms with Gasteiger partial charge in [0, 0.05) is 11.8 Å². The van der Waals surface area contributed by atoms with E-state index < -0.39 is 17.0 Å². The summed E-state index contributed by atoms with van der Waals surface area (Å²) in [5.74, 6) is 0.141. The van der Waals surface area contributed by atoms with E-state index in [1.807, 2.05) is 24.3 Å². The van der Waals surface area contributed by atoms with Crippen LogP contribution in [0.5, 0.6) is 11.5 Å². The number of thioether (sulfide) groups is 1. The number of imide groups is 1. The third kappa shape index (κ3) is 5.36. The van der Waals surface area contributed by atoms with E-state index in [2.05, 4.69) is 27.6 Å². The van der Waals surface area contributed by atoms with Crippen molar-refractivity contribution in [2.24, 2.45) is 0 Å². The molecular weight excluding hydrogens is 558 g/mol. The highest BCUT2D eigenvalue weighted by Gasteiger charge is 2.35. The number of hydrogen-bond donors (Lipinski definition) is 0. The summed E-state index contributed by atoms with van der Waals surface area (Å²) in [4.78, 5) is 30.8. The van der Waals surface area contributed by atoms with E-state index in [1.165, 1.54) is 13.2 Å². The lowest BCUT2D eigenvalue weighted by Gasteiger charge is -2.14. The van der Waals surface area contributed by atoms with Gasteiger partial charge < -0.3 is 9.47 Å². The highest BCUT2D eigenvalue weighted by atomic mass is 127. The van der Waals surface area contributed by atoms with Crippen molar-refractivity contribution >= 4 is 51.6 Å². The van der Waals surface area contributed by atoms with Gasteiger partial charge in [0.2, 0.25) is 0 Å². The number of rotatable bonds is 7. The number of ether oxygens (including phenoxy) is 2. The van der Waals surface area contributed by atoms with Gasteiger partial charge in [-0.25, -0.2) is 4.39 Å². The van der Waals surface area contributed by atoms with Crippen LogP contribution in [0, 0.1) is 9.39 Å². The van der Waals surface area contributed by atoms with Crippen molar-refractivity contribution in [1.82, 2.24) is 9.88 Å². The number of aromatic nitrogens is 1. The number of pyridine rings is 1. The average molecular weight is 576 g/mol. The molecule has 3 aromatic rings.